The number of nitrogens with zero attached hydrogens (tertiary/aromatic N) is 1. The van der Waals surface area contributed by atoms with Crippen LogP contribution in [-0.2, 0) is 9.59 Å². The molecule has 0 aromatic rings. The van der Waals surface area contributed by atoms with E-state index in [1.807, 2.05) is 6.92 Å². The molecule has 1 saturated heterocycles. The van der Waals surface area contributed by atoms with Crippen molar-refractivity contribution in [2.45, 2.75) is 44.1 Å². The quantitative estimate of drug-likeness (QED) is 0.370. The molecule has 4 atom stereocenters. The molecule has 5 N–H and O–H groups in total. The molecule has 2 rings (SSSR count). The van der Waals surface area contributed by atoms with Crippen LogP contribution in [0.4, 0.5) is 0 Å². The van der Waals surface area contributed by atoms with Gasteiger partial charge in [-0.05, 0) is 6.42 Å². The molecule has 0 saturated carbocycles. The van der Waals surface area contributed by atoms with Crippen molar-refractivity contribution in [2.24, 2.45) is 0 Å². The number of nitrogens with one attached hydrogen (secondary N) is 1. The summed E-state index contributed by atoms with van der Waals surface area (Å²) < 4.78 is 0. The summed E-state index contributed by atoms with van der Waals surface area (Å²) in [4.78, 5) is 23.1. The van der Waals surface area contributed by atoms with E-state index >= 15 is 0 Å². The summed E-state index contributed by atoms with van der Waals surface area (Å²) in [5.74, 6) is -0.355. The number of hydrogen-bond acceptors (Lipinski definition) is 7. The van der Waals surface area contributed by atoms with Gasteiger partial charge in [0.15, 0.2) is 0 Å². The number of imide groups is 1. The summed E-state index contributed by atoms with van der Waals surface area (Å²) in [7, 11) is 0. The van der Waals surface area contributed by atoms with Crippen LogP contribution in [0.5, 0.6) is 0 Å². The van der Waals surface area contributed by atoms with Crippen molar-refractivity contribution in [3.63, 3.8) is 0 Å². The van der Waals surface area contributed by atoms with Crippen LogP contribution in [0.2, 0.25) is 0 Å². The van der Waals surface area contributed by atoms with Gasteiger partial charge in [-0.2, -0.15) is 0 Å². The molecule has 0 aromatic heterocycles. The number of rotatable bonds is 4. The van der Waals surface area contributed by atoms with Crippen molar-refractivity contribution in [1.82, 2.24) is 10.2 Å². The molecule has 1 fully saturated rings. The SMILES string of the molecule is CCCCN1C(=O)C=CC1=O.OC[C@H]1NC[C@H](O)[C@@H](O)[C@@H]1O. The number of carbonyl (C=O) groups excluding carboxylic acids is 2. The van der Waals surface area contributed by atoms with Crippen molar-refractivity contribution in [3.05, 3.63) is 12.2 Å². The van der Waals surface area contributed by atoms with Gasteiger partial charge in [-0.15, -0.1) is 0 Å². The molecule has 0 unspecified atom stereocenters. The first-order valence-corrected chi connectivity index (χ1v) is 7.34. The molecule has 0 bridgehead atoms. The summed E-state index contributed by atoms with van der Waals surface area (Å²) in [5, 5.41) is 38.6. The molecule has 0 aliphatic carbocycles. The highest BCUT2D eigenvalue weighted by molar-refractivity contribution is 6.12. The smallest absolute Gasteiger partial charge is 0.253 e. The lowest BCUT2D eigenvalue weighted by Gasteiger charge is -2.34. The van der Waals surface area contributed by atoms with Crippen molar-refractivity contribution >= 4 is 11.8 Å². The van der Waals surface area contributed by atoms with E-state index in [1.165, 1.54) is 17.1 Å². The van der Waals surface area contributed by atoms with Gasteiger partial charge in [0.25, 0.3) is 11.8 Å². The predicted octanol–water partition coefficient (Wildman–Crippen LogP) is -2.26. The lowest BCUT2D eigenvalue weighted by atomic mass is 9.97. The maximum absolute atomic E-state index is 10.9. The lowest BCUT2D eigenvalue weighted by molar-refractivity contribution is -0.136. The first-order chi connectivity index (χ1) is 10.4. The van der Waals surface area contributed by atoms with E-state index in [-0.39, 0.29) is 25.0 Å². The number of unbranched alkanes of at least 4 members (excludes halogenated alkanes) is 1. The third-order valence-electron chi connectivity index (χ3n) is 3.58. The van der Waals surface area contributed by atoms with E-state index in [2.05, 4.69) is 5.32 Å². The Hall–Kier alpha value is -1.32. The zero-order valence-electron chi connectivity index (χ0n) is 12.6. The summed E-state index contributed by atoms with van der Waals surface area (Å²) in [6, 6.07) is -0.534. The fraction of sp³-hybridized carbons (Fsp3) is 0.714. The number of hydrogen-bond donors (Lipinski definition) is 5. The maximum atomic E-state index is 10.9. The summed E-state index contributed by atoms with van der Waals surface area (Å²) in [5.41, 5.74) is 0. The minimum atomic E-state index is -1.16. The highest BCUT2D eigenvalue weighted by Gasteiger charge is 2.35. The average molecular weight is 316 g/mol. The van der Waals surface area contributed by atoms with E-state index in [9.17, 15) is 14.7 Å². The largest absolute Gasteiger partial charge is 0.395 e. The maximum Gasteiger partial charge on any atom is 0.253 e. The highest BCUT2D eigenvalue weighted by atomic mass is 16.4. The minimum absolute atomic E-state index is 0.177. The van der Waals surface area contributed by atoms with Gasteiger partial charge in [0.2, 0.25) is 0 Å². The number of amides is 2. The number of carbonyl (C=O) groups is 2. The molecule has 8 nitrogen and oxygen atoms in total. The van der Waals surface area contributed by atoms with Crippen LogP contribution in [0.3, 0.4) is 0 Å². The first-order valence-electron chi connectivity index (χ1n) is 7.34. The lowest BCUT2D eigenvalue weighted by Crippen LogP contribution is -2.60. The van der Waals surface area contributed by atoms with Crippen LogP contribution in [-0.4, -0.2) is 81.2 Å². The van der Waals surface area contributed by atoms with Crippen LogP contribution in [0.25, 0.3) is 0 Å². The van der Waals surface area contributed by atoms with E-state index in [0.29, 0.717) is 6.54 Å². The normalized spacial score (nSPS) is 31.2. The average Bonchev–Trinajstić information content (AvgIpc) is 2.82. The second kappa shape index (κ2) is 8.96. The molecule has 22 heavy (non-hydrogen) atoms. The molecule has 0 radical (unpaired) electrons. The number of β-amino-alcohol motifs (C(OH)–C–C–N with tert-alkyl or cyclic N) is 1. The zero-order chi connectivity index (χ0) is 16.7. The Labute approximate surface area is 129 Å². The standard InChI is InChI=1S/C8H11NO2.C6H13NO4/c1-2-3-6-9-7(10)4-5-8(9)11;8-2-3-5(10)6(11)4(9)1-7-3/h4-5H,2-3,6H2,1H3;3-11H,1-2H2/t;3-,4+,5-,6-/m.1/s1. The van der Waals surface area contributed by atoms with Gasteiger partial charge in [-0.25, -0.2) is 0 Å². The van der Waals surface area contributed by atoms with Crippen LogP contribution in [0.1, 0.15) is 19.8 Å². The second-order valence-electron chi connectivity index (χ2n) is 5.26. The first kappa shape index (κ1) is 18.7. The third kappa shape index (κ3) is 4.85. The molecule has 126 valence electrons. The van der Waals surface area contributed by atoms with Gasteiger partial charge in [0, 0.05) is 25.2 Å². The van der Waals surface area contributed by atoms with Gasteiger partial charge in [0.05, 0.1) is 24.9 Å². The van der Waals surface area contributed by atoms with Crippen LogP contribution >= 0.6 is 0 Å². The van der Waals surface area contributed by atoms with Crippen molar-refractivity contribution in [3.8, 4) is 0 Å². The zero-order valence-corrected chi connectivity index (χ0v) is 12.6. The summed E-state index contributed by atoms with van der Waals surface area (Å²) >= 11 is 0. The van der Waals surface area contributed by atoms with Gasteiger partial charge in [0.1, 0.15) is 6.10 Å². The molecule has 2 heterocycles. The van der Waals surface area contributed by atoms with E-state index < -0.39 is 24.4 Å². The fourth-order valence-corrected chi connectivity index (χ4v) is 2.12. The molecule has 0 aromatic carbocycles. The van der Waals surface area contributed by atoms with E-state index in [4.69, 9.17) is 15.3 Å². The Kier molecular flexibility index (Phi) is 7.63. The number of aliphatic hydroxyl groups is 4. The van der Waals surface area contributed by atoms with Crippen molar-refractivity contribution in [1.29, 1.82) is 0 Å². The molecular weight excluding hydrogens is 292 g/mol. The molecule has 0 spiro atoms. The van der Waals surface area contributed by atoms with E-state index in [0.717, 1.165) is 12.8 Å². The minimum Gasteiger partial charge on any atom is -0.395 e. The molecule has 2 aliphatic heterocycles. The van der Waals surface area contributed by atoms with Gasteiger partial charge in [-0.1, -0.05) is 13.3 Å². The van der Waals surface area contributed by atoms with E-state index in [1.54, 1.807) is 0 Å². The Balaban J connectivity index is 0.000000220. The third-order valence-corrected chi connectivity index (χ3v) is 3.58. The Morgan fingerprint density at radius 2 is 1.77 bits per heavy atom. The van der Waals surface area contributed by atoms with Crippen LogP contribution in [0.15, 0.2) is 12.2 Å². The summed E-state index contributed by atoms with van der Waals surface area (Å²) in [6.45, 7) is 2.54. The highest BCUT2D eigenvalue weighted by Crippen LogP contribution is 2.09. The van der Waals surface area contributed by atoms with Crippen LogP contribution < -0.4 is 5.32 Å². The fourth-order valence-electron chi connectivity index (χ4n) is 2.12. The Morgan fingerprint density at radius 3 is 2.27 bits per heavy atom. The van der Waals surface area contributed by atoms with Gasteiger partial charge < -0.3 is 25.7 Å². The number of aliphatic hydroxyl groups excluding tert-OH is 4. The number of piperidine rings is 1. The van der Waals surface area contributed by atoms with Gasteiger partial charge >= 0.3 is 0 Å². The van der Waals surface area contributed by atoms with Gasteiger partial charge in [-0.3, -0.25) is 14.5 Å². The van der Waals surface area contributed by atoms with Crippen molar-refractivity contribution < 1.29 is 30.0 Å². The Bertz CT molecular complexity index is 394. The molecule has 8 heteroatoms. The van der Waals surface area contributed by atoms with Crippen molar-refractivity contribution in [2.75, 3.05) is 19.7 Å². The molecular formula is C14H24N2O6. The Morgan fingerprint density at radius 1 is 1.18 bits per heavy atom. The molecule has 2 aliphatic rings. The monoisotopic (exact) mass is 316 g/mol. The topological polar surface area (TPSA) is 130 Å². The van der Waals surface area contributed by atoms with Crippen LogP contribution in [0, 0.1) is 0 Å². The molecule has 2 amide bonds. The summed E-state index contributed by atoms with van der Waals surface area (Å²) in [6.07, 6.45) is 1.32. The predicted molar refractivity (Wildman–Crippen MR) is 77.7 cm³/mol. The second-order valence-corrected chi connectivity index (χ2v) is 5.26.